The molecule has 0 spiro atoms. The van der Waals surface area contributed by atoms with E-state index in [4.69, 9.17) is 10.5 Å². The Morgan fingerprint density at radius 1 is 1.50 bits per heavy atom. The zero-order valence-corrected chi connectivity index (χ0v) is 7.67. The molecule has 70 valence electrons. The molecule has 0 bridgehead atoms. The summed E-state index contributed by atoms with van der Waals surface area (Å²) in [4.78, 5) is 0. The van der Waals surface area contributed by atoms with Gasteiger partial charge in [-0.05, 0) is 31.7 Å². The highest BCUT2D eigenvalue weighted by Crippen LogP contribution is 2.27. The molecule has 2 N–H and O–H groups in total. The van der Waals surface area contributed by atoms with E-state index in [-0.39, 0.29) is 0 Å². The Balaban J connectivity index is 2.16. The van der Waals surface area contributed by atoms with Crippen molar-refractivity contribution in [3.05, 3.63) is 12.7 Å². The third-order valence-corrected chi connectivity index (χ3v) is 2.55. The Labute approximate surface area is 74.8 Å². The van der Waals surface area contributed by atoms with E-state index in [1.165, 1.54) is 19.3 Å². The Morgan fingerprint density at radius 3 is 3.00 bits per heavy atom. The van der Waals surface area contributed by atoms with Crippen LogP contribution < -0.4 is 5.73 Å². The van der Waals surface area contributed by atoms with Crippen LogP contribution in [0.4, 0.5) is 0 Å². The highest BCUT2D eigenvalue weighted by Gasteiger charge is 2.26. The summed E-state index contributed by atoms with van der Waals surface area (Å²) in [7, 11) is 0. The standard InChI is InChI=1S/C10H19NO/c1-2-3-7-12-10-6-4-5-9(10)8-11/h2,9-10H,1,3-8,11H2. The van der Waals surface area contributed by atoms with Gasteiger partial charge in [0.2, 0.25) is 0 Å². The van der Waals surface area contributed by atoms with Crippen molar-refractivity contribution in [3.63, 3.8) is 0 Å². The predicted molar refractivity (Wildman–Crippen MR) is 50.9 cm³/mol. The quantitative estimate of drug-likeness (QED) is 0.502. The normalized spacial score (nSPS) is 29.1. The molecular weight excluding hydrogens is 150 g/mol. The summed E-state index contributed by atoms with van der Waals surface area (Å²) in [6, 6.07) is 0. The van der Waals surface area contributed by atoms with Gasteiger partial charge in [0.05, 0.1) is 12.7 Å². The first-order valence-corrected chi connectivity index (χ1v) is 4.81. The van der Waals surface area contributed by atoms with E-state index in [1.54, 1.807) is 0 Å². The van der Waals surface area contributed by atoms with E-state index < -0.39 is 0 Å². The average molecular weight is 169 g/mol. The van der Waals surface area contributed by atoms with Crippen molar-refractivity contribution >= 4 is 0 Å². The van der Waals surface area contributed by atoms with Crippen molar-refractivity contribution in [1.29, 1.82) is 0 Å². The van der Waals surface area contributed by atoms with Gasteiger partial charge in [0.25, 0.3) is 0 Å². The lowest BCUT2D eigenvalue weighted by Crippen LogP contribution is -2.25. The Hall–Kier alpha value is -0.340. The number of nitrogens with two attached hydrogens (primary N) is 1. The van der Waals surface area contributed by atoms with Crippen LogP contribution in [0.2, 0.25) is 0 Å². The van der Waals surface area contributed by atoms with E-state index in [2.05, 4.69) is 6.58 Å². The molecular formula is C10H19NO. The zero-order chi connectivity index (χ0) is 8.81. The van der Waals surface area contributed by atoms with E-state index in [0.29, 0.717) is 12.0 Å². The lowest BCUT2D eigenvalue weighted by atomic mass is 10.1. The summed E-state index contributed by atoms with van der Waals surface area (Å²) in [5.41, 5.74) is 5.63. The van der Waals surface area contributed by atoms with Crippen LogP contribution in [0.15, 0.2) is 12.7 Å². The molecule has 0 radical (unpaired) electrons. The lowest BCUT2D eigenvalue weighted by molar-refractivity contribution is 0.0330. The molecule has 0 amide bonds. The first-order chi connectivity index (χ1) is 5.88. The fourth-order valence-corrected chi connectivity index (χ4v) is 1.79. The summed E-state index contributed by atoms with van der Waals surface area (Å²) in [6.45, 7) is 5.25. The zero-order valence-electron chi connectivity index (χ0n) is 7.67. The molecule has 2 nitrogen and oxygen atoms in total. The summed E-state index contributed by atoms with van der Waals surface area (Å²) in [5, 5.41) is 0. The summed E-state index contributed by atoms with van der Waals surface area (Å²) < 4.78 is 5.70. The minimum Gasteiger partial charge on any atom is -0.378 e. The van der Waals surface area contributed by atoms with Crippen molar-refractivity contribution in [1.82, 2.24) is 0 Å². The monoisotopic (exact) mass is 169 g/mol. The summed E-state index contributed by atoms with van der Waals surface area (Å²) in [5.74, 6) is 0.606. The maximum Gasteiger partial charge on any atom is 0.0615 e. The van der Waals surface area contributed by atoms with E-state index in [9.17, 15) is 0 Å². The third-order valence-electron chi connectivity index (χ3n) is 2.55. The van der Waals surface area contributed by atoms with Gasteiger partial charge < -0.3 is 10.5 Å². The van der Waals surface area contributed by atoms with Gasteiger partial charge in [0.1, 0.15) is 0 Å². The molecule has 12 heavy (non-hydrogen) atoms. The first-order valence-electron chi connectivity index (χ1n) is 4.81. The van der Waals surface area contributed by atoms with Crippen LogP contribution in [0.25, 0.3) is 0 Å². The highest BCUT2D eigenvalue weighted by molar-refractivity contribution is 4.79. The molecule has 0 aromatic carbocycles. The SMILES string of the molecule is C=CCCOC1CCCC1CN. The van der Waals surface area contributed by atoms with Crippen LogP contribution in [0, 0.1) is 5.92 Å². The summed E-state index contributed by atoms with van der Waals surface area (Å²) >= 11 is 0. The molecule has 0 aromatic rings. The average Bonchev–Trinajstić information content (AvgIpc) is 2.52. The van der Waals surface area contributed by atoms with Crippen LogP contribution in [-0.2, 0) is 4.74 Å². The number of hydrogen-bond acceptors (Lipinski definition) is 2. The van der Waals surface area contributed by atoms with Crippen molar-refractivity contribution in [2.75, 3.05) is 13.2 Å². The smallest absolute Gasteiger partial charge is 0.0615 e. The minimum absolute atomic E-state index is 0.426. The number of hydrogen-bond donors (Lipinski definition) is 1. The molecule has 0 aliphatic heterocycles. The molecule has 1 fully saturated rings. The lowest BCUT2D eigenvalue weighted by Gasteiger charge is -2.17. The molecule has 2 heteroatoms. The Kier molecular flexibility index (Phi) is 4.33. The Morgan fingerprint density at radius 2 is 2.33 bits per heavy atom. The molecule has 0 aromatic heterocycles. The molecule has 2 atom stereocenters. The predicted octanol–water partition coefficient (Wildman–Crippen LogP) is 1.71. The van der Waals surface area contributed by atoms with Crippen LogP contribution >= 0.6 is 0 Å². The van der Waals surface area contributed by atoms with E-state index in [0.717, 1.165) is 19.6 Å². The molecule has 1 rings (SSSR count). The van der Waals surface area contributed by atoms with Crippen LogP contribution in [0.5, 0.6) is 0 Å². The topological polar surface area (TPSA) is 35.2 Å². The van der Waals surface area contributed by atoms with Crippen molar-refractivity contribution in [2.45, 2.75) is 31.8 Å². The van der Waals surface area contributed by atoms with Gasteiger partial charge in [0, 0.05) is 0 Å². The second-order valence-electron chi connectivity index (χ2n) is 3.41. The van der Waals surface area contributed by atoms with Gasteiger partial charge in [-0.2, -0.15) is 0 Å². The van der Waals surface area contributed by atoms with Crippen molar-refractivity contribution < 1.29 is 4.74 Å². The molecule has 0 heterocycles. The van der Waals surface area contributed by atoms with Gasteiger partial charge in [-0.1, -0.05) is 12.5 Å². The Bertz CT molecular complexity index is 136. The van der Waals surface area contributed by atoms with Crippen molar-refractivity contribution in [3.8, 4) is 0 Å². The maximum absolute atomic E-state index is 5.70. The second-order valence-corrected chi connectivity index (χ2v) is 3.41. The van der Waals surface area contributed by atoms with Gasteiger partial charge >= 0.3 is 0 Å². The molecule has 0 saturated heterocycles. The van der Waals surface area contributed by atoms with Gasteiger partial charge in [-0.15, -0.1) is 6.58 Å². The fraction of sp³-hybridized carbons (Fsp3) is 0.800. The minimum atomic E-state index is 0.426. The maximum atomic E-state index is 5.70. The van der Waals surface area contributed by atoms with E-state index in [1.807, 2.05) is 6.08 Å². The van der Waals surface area contributed by atoms with Gasteiger partial charge in [0.15, 0.2) is 0 Å². The molecule has 1 aliphatic rings. The van der Waals surface area contributed by atoms with Crippen LogP contribution in [0.3, 0.4) is 0 Å². The van der Waals surface area contributed by atoms with Gasteiger partial charge in [-0.3, -0.25) is 0 Å². The van der Waals surface area contributed by atoms with Gasteiger partial charge in [-0.25, -0.2) is 0 Å². The third kappa shape index (κ3) is 2.61. The highest BCUT2D eigenvalue weighted by atomic mass is 16.5. The van der Waals surface area contributed by atoms with Crippen LogP contribution in [-0.4, -0.2) is 19.3 Å². The number of ether oxygens (including phenoxy) is 1. The van der Waals surface area contributed by atoms with E-state index >= 15 is 0 Å². The molecule has 2 unspecified atom stereocenters. The van der Waals surface area contributed by atoms with Crippen molar-refractivity contribution in [2.24, 2.45) is 11.7 Å². The molecule has 1 aliphatic carbocycles. The summed E-state index contributed by atoms with van der Waals surface area (Å²) in [6.07, 6.45) is 6.99. The largest absolute Gasteiger partial charge is 0.378 e. The molecule has 1 saturated carbocycles. The first kappa shape index (κ1) is 9.75. The van der Waals surface area contributed by atoms with Crippen LogP contribution in [0.1, 0.15) is 25.7 Å². The number of rotatable bonds is 5. The fourth-order valence-electron chi connectivity index (χ4n) is 1.79. The second kappa shape index (κ2) is 5.33.